The van der Waals surface area contributed by atoms with Crippen molar-refractivity contribution in [2.45, 2.75) is 45.6 Å². The van der Waals surface area contributed by atoms with Crippen molar-refractivity contribution in [2.24, 2.45) is 11.8 Å². The number of rotatable bonds is 7. The number of aromatic nitrogens is 1. The third-order valence-electron chi connectivity index (χ3n) is 6.71. The molecule has 1 N–H and O–H groups in total. The van der Waals surface area contributed by atoms with Crippen LogP contribution < -0.4 is 5.32 Å². The van der Waals surface area contributed by atoms with Gasteiger partial charge in [0, 0.05) is 38.1 Å². The van der Waals surface area contributed by atoms with Crippen LogP contribution in [0.4, 0.5) is 0 Å². The highest BCUT2D eigenvalue weighted by molar-refractivity contribution is 5.94. The molecule has 1 saturated carbocycles. The minimum absolute atomic E-state index is 0.0661. The number of hydrogen-bond donors (Lipinski definition) is 1. The molecule has 1 aromatic rings. The van der Waals surface area contributed by atoms with Crippen LogP contribution >= 0.6 is 0 Å². The molecule has 1 aromatic heterocycles. The lowest BCUT2D eigenvalue weighted by Gasteiger charge is -2.38. The fourth-order valence-corrected chi connectivity index (χ4v) is 4.39. The fourth-order valence-electron chi connectivity index (χ4n) is 4.39. The van der Waals surface area contributed by atoms with Crippen LogP contribution in [0.2, 0.25) is 0 Å². The number of amides is 2. The summed E-state index contributed by atoms with van der Waals surface area (Å²) in [5.74, 6) is 1.43. The van der Waals surface area contributed by atoms with Gasteiger partial charge in [-0.15, -0.1) is 0 Å². The highest BCUT2D eigenvalue weighted by atomic mass is 16.5. The highest BCUT2D eigenvalue weighted by Gasteiger charge is 2.31. The summed E-state index contributed by atoms with van der Waals surface area (Å²) in [5.41, 5.74) is 2.48. The molecule has 164 valence electrons. The van der Waals surface area contributed by atoms with Gasteiger partial charge in [-0.2, -0.15) is 0 Å². The van der Waals surface area contributed by atoms with Crippen molar-refractivity contribution in [3.8, 4) is 0 Å². The molecule has 0 radical (unpaired) electrons. The second kappa shape index (κ2) is 9.43. The first-order valence-electron chi connectivity index (χ1n) is 11.3. The van der Waals surface area contributed by atoms with E-state index in [-0.39, 0.29) is 24.5 Å². The predicted molar refractivity (Wildman–Crippen MR) is 114 cm³/mol. The van der Waals surface area contributed by atoms with E-state index < -0.39 is 0 Å². The molecule has 2 amide bonds. The van der Waals surface area contributed by atoms with Gasteiger partial charge in [-0.25, -0.2) is 0 Å². The Bertz CT molecular complexity index is 772. The van der Waals surface area contributed by atoms with Crippen LogP contribution in [-0.2, 0) is 9.53 Å². The molecule has 30 heavy (non-hydrogen) atoms. The number of pyridine rings is 1. The van der Waals surface area contributed by atoms with Crippen LogP contribution in [-0.4, -0.2) is 78.6 Å². The van der Waals surface area contributed by atoms with Crippen LogP contribution in [0.1, 0.15) is 47.3 Å². The van der Waals surface area contributed by atoms with E-state index in [9.17, 15) is 9.59 Å². The summed E-state index contributed by atoms with van der Waals surface area (Å²) in [5, 5.41) is 2.94. The summed E-state index contributed by atoms with van der Waals surface area (Å²) in [6, 6.07) is 1.85. The number of piperidine rings is 1. The summed E-state index contributed by atoms with van der Waals surface area (Å²) in [6.45, 7) is 9.31. The highest BCUT2D eigenvalue weighted by Crippen LogP contribution is 2.31. The summed E-state index contributed by atoms with van der Waals surface area (Å²) in [4.78, 5) is 33.6. The van der Waals surface area contributed by atoms with E-state index in [0.29, 0.717) is 24.6 Å². The lowest BCUT2D eigenvalue weighted by Crippen LogP contribution is -2.52. The molecule has 3 heterocycles. The topological polar surface area (TPSA) is 74.8 Å². The molecular formula is C23H34N4O3. The monoisotopic (exact) mass is 414 g/mol. The fraction of sp³-hybridized carbons (Fsp3) is 0.696. The number of hydrogen-bond acceptors (Lipinski definition) is 5. The van der Waals surface area contributed by atoms with Gasteiger partial charge in [-0.3, -0.25) is 14.6 Å². The number of aryl methyl sites for hydroxylation is 2. The van der Waals surface area contributed by atoms with E-state index in [1.807, 2.05) is 24.8 Å². The molecule has 1 atom stereocenters. The maximum Gasteiger partial charge on any atom is 0.252 e. The smallest absolute Gasteiger partial charge is 0.252 e. The van der Waals surface area contributed by atoms with E-state index in [1.165, 1.54) is 32.2 Å². The molecule has 0 bridgehead atoms. The number of nitrogens with one attached hydrogen (secondary N) is 1. The van der Waals surface area contributed by atoms with Crippen molar-refractivity contribution in [1.29, 1.82) is 0 Å². The van der Waals surface area contributed by atoms with Crippen molar-refractivity contribution >= 4 is 11.8 Å². The Morgan fingerprint density at radius 3 is 2.60 bits per heavy atom. The number of carbonyl (C=O) groups is 2. The van der Waals surface area contributed by atoms with Gasteiger partial charge < -0.3 is 19.9 Å². The van der Waals surface area contributed by atoms with Gasteiger partial charge in [-0.05, 0) is 76.1 Å². The molecule has 0 spiro atoms. The van der Waals surface area contributed by atoms with Crippen LogP contribution in [0.3, 0.4) is 0 Å². The van der Waals surface area contributed by atoms with Crippen molar-refractivity contribution in [2.75, 3.05) is 45.9 Å². The first-order valence-corrected chi connectivity index (χ1v) is 11.3. The predicted octanol–water partition coefficient (Wildman–Crippen LogP) is 1.78. The summed E-state index contributed by atoms with van der Waals surface area (Å²) >= 11 is 0. The maximum absolute atomic E-state index is 12.4. The average molecular weight is 415 g/mol. The molecule has 7 heteroatoms. The molecule has 2 saturated heterocycles. The van der Waals surface area contributed by atoms with Crippen LogP contribution in [0.15, 0.2) is 12.3 Å². The molecule has 3 fully saturated rings. The van der Waals surface area contributed by atoms with Gasteiger partial charge in [0.25, 0.3) is 5.91 Å². The molecule has 1 aliphatic carbocycles. The van der Waals surface area contributed by atoms with E-state index in [1.54, 1.807) is 6.20 Å². The molecular weight excluding hydrogens is 380 g/mol. The van der Waals surface area contributed by atoms with Crippen LogP contribution in [0.5, 0.6) is 0 Å². The minimum Gasteiger partial charge on any atom is -0.365 e. The lowest BCUT2D eigenvalue weighted by molar-refractivity contribution is -0.149. The van der Waals surface area contributed by atoms with Gasteiger partial charge in [0.1, 0.15) is 6.61 Å². The lowest BCUT2D eigenvalue weighted by atomic mass is 9.95. The molecule has 0 aromatic carbocycles. The van der Waals surface area contributed by atoms with Gasteiger partial charge in [0.2, 0.25) is 5.91 Å². The van der Waals surface area contributed by atoms with E-state index >= 15 is 0 Å². The molecule has 0 unspecified atom stereocenters. The summed E-state index contributed by atoms with van der Waals surface area (Å²) in [6.07, 6.45) is 6.57. The minimum atomic E-state index is -0.166. The Balaban J connectivity index is 1.22. The van der Waals surface area contributed by atoms with Crippen molar-refractivity contribution in [3.63, 3.8) is 0 Å². The van der Waals surface area contributed by atoms with E-state index in [4.69, 9.17) is 4.74 Å². The number of carbonyl (C=O) groups excluding carboxylic acids is 2. The molecule has 2 aliphatic heterocycles. The number of ether oxygens (including phenoxy) is 1. The van der Waals surface area contributed by atoms with Crippen LogP contribution in [0.25, 0.3) is 0 Å². The quantitative estimate of drug-likeness (QED) is 0.736. The zero-order chi connectivity index (χ0) is 21.1. The van der Waals surface area contributed by atoms with Gasteiger partial charge in [0.05, 0.1) is 11.7 Å². The Labute approximate surface area is 179 Å². The third-order valence-corrected chi connectivity index (χ3v) is 6.71. The van der Waals surface area contributed by atoms with Crippen molar-refractivity contribution in [3.05, 3.63) is 29.1 Å². The standard InChI is InChI=1S/C23H34N4O3/c1-16-9-20(10-24-17(16)2)23(29)25-11-21-14-27(22(28)15-30-21)13-19-5-7-26(8-6-19)12-18-3-4-18/h9-10,18-19,21H,3-8,11-15H2,1-2H3,(H,25,29)/t21-/m0/s1. The molecule has 4 rings (SSSR count). The van der Waals surface area contributed by atoms with Gasteiger partial charge in [0.15, 0.2) is 0 Å². The summed E-state index contributed by atoms with van der Waals surface area (Å²) in [7, 11) is 0. The van der Waals surface area contributed by atoms with Crippen molar-refractivity contribution < 1.29 is 14.3 Å². The first kappa shape index (κ1) is 21.2. The normalized spacial score (nSPS) is 23.6. The van der Waals surface area contributed by atoms with Gasteiger partial charge in [-0.1, -0.05) is 0 Å². The number of morpholine rings is 1. The summed E-state index contributed by atoms with van der Waals surface area (Å²) < 4.78 is 5.68. The SMILES string of the molecule is Cc1cc(C(=O)NC[C@H]2CN(CC3CCN(CC4CC4)CC3)C(=O)CO2)cnc1C. The number of likely N-dealkylation sites (tertiary alicyclic amines) is 1. The number of nitrogens with zero attached hydrogens (tertiary/aromatic N) is 3. The largest absolute Gasteiger partial charge is 0.365 e. The first-order chi connectivity index (χ1) is 14.5. The molecule has 3 aliphatic rings. The average Bonchev–Trinajstić information content (AvgIpc) is 3.56. The zero-order valence-electron chi connectivity index (χ0n) is 18.2. The Morgan fingerprint density at radius 1 is 1.17 bits per heavy atom. The van der Waals surface area contributed by atoms with Gasteiger partial charge >= 0.3 is 0 Å². The second-order valence-corrected chi connectivity index (χ2v) is 9.26. The third kappa shape index (κ3) is 5.58. The van der Waals surface area contributed by atoms with Crippen LogP contribution in [0, 0.1) is 25.7 Å². The Morgan fingerprint density at radius 2 is 1.90 bits per heavy atom. The Kier molecular flexibility index (Phi) is 6.68. The van der Waals surface area contributed by atoms with Crippen molar-refractivity contribution in [1.82, 2.24) is 20.1 Å². The molecule has 7 nitrogen and oxygen atoms in total. The van der Waals surface area contributed by atoms with E-state index in [0.717, 1.165) is 36.8 Å². The maximum atomic E-state index is 12.4. The Hall–Kier alpha value is -1.99. The zero-order valence-corrected chi connectivity index (χ0v) is 18.2. The van der Waals surface area contributed by atoms with E-state index in [2.05, 4.69) is 15.2 Å². The second-order valence-electron chi connectivity index (χ2n) is 9.26.